The van der Waals surface area contributed by atoms with Crippen molar-refractivity contribution < 1.29 is 4.39 Å². The second kappa shape index (κ2) is 4.97. The highest BCUT2D eigenvalue weighted by atomic mass is 79.9. The van der Waals surface area contributed by atoms with Crippen molar-refractivity contribution in [2.45, 2.75) is 11.2 Å². The first kappa shape index (κ1) is 11.6. The standard InChI is InChI=1S/C11H9BrClFN2/c12-8(6-10-15-4-5-16-10)7-2-1-3-9(13)11(7)14/h1-5,8H,6H2,(H,15,16). The Balaban J connectivity index is 2.21. The van der Waals surface area contributed by atoms with Gasteiger partial charge in [0.2, 0.25) is 0 Å². The van der Waals surface area contributed by atoms with Crippen molar-refractivity contribution in [3.8, 4) is 0 Å². The molecule has 1 atom stereocenters. The highest BCUT2D eigenvalue weighted by Crippen LogP contribution is 2.30. The maximum atomic E-state index is 13.7. The summed E-state index contributed by atoms with van der Waals surface area (Å²) in [6, 6.07) is 4.98. The van der Waals surface area contributed by atoms with E-state index in [0.717, 1.165) is 5.82 Å². The Labute approximate surface area is 106 Å². The molecule has 0 aliphatic rings. The third-order valence-electron chi connectivity index (χ3n) is 2.25. The number of alkyl halides is 1. The molecule has 1 aromatic heterocycles. The third kappa shape index (κ3) is 2.44. The largest absolute Gasteiger partial charge is 0.349 e. The summed E-state index contributed by atoms with van der Waals surface area (Å²) in [5, 5.41) is 0.140. The van der Waals surface area contributed by atoms with Gasteiger partial charge in [0.25, 0.3) is 0 Å². The van der Waals surface area contributed by atoms with Crippen LogP contribution < -0.4 is 0 Å². The van der Waals surface area contributed by atoms with Crippen LogP contribution in [0.15, 0.2) is 30.6 Å². The van der Waals surface area contributed by atoms with Gasteiger partial charge in [0.15, 0.2) is 0 Å². The minimum Gasteiger partial charge on any atom is -0.349 e. The molecule has 0 fully saturated rings. The molecule has 2 nitrogen and oxygen atoms in total. The van der Waals surface area contributed by atoms with Gasteiger partial charge in [0.05, 0.1) is 5.02 Å². The van der Waals surface area contributed by atoms with Crippen LogP contribution in [0.1, 0.15) is 16.2 Å². The summed E-state index contributed by atoms with van der Waals surface area (Å²) >= 11 is 9.15. The Hall–Kier alpha value is -0.870. The number of benzene rings is 1. The number of hydrogen-bond acceptors (Lipinski definition) is 1. The van der Waals surface area contributed by atoms with E-state index in [1.165, 1.54) is 6.07 Å². The molecule has 2 rings (SSSR count). The van der Waals surface area contributed by atoms with Crippen LogP contribution >= 0.6 is 27.5 Å². The van der Waals surface area contributed by atoms with Crippen LogP contribution in [0.5, 0.6) is 0 Å². The minimum atomic E-state index is -0.377. The van der Waals surface area contributed by atoms with Gasteiger partial charge >= 0.3 is 0 Å². The van der Waals surface area contributed by atoms with E-state index in [4.69, 9.17) is 11.6 Å². The predicted octanol–water partition coefficient (Wildman–Crippen LogP) is 3.88. The average molecular weight is 304 g/mol. The van der Waals surface area contributed by atoms with Gasteiger partial charge in [0, 0.05) is 29.2 Å². The highest BCUT2D eigenvalue weighted by Gasteiger charge is 2.15. The molecule has 1 N–H and O–H groups in total. The summed E-state index contributed by atoms with van der Waals surface area (Å²) in [6.07, 6.45) is 4.00. The first-order valence-electron chi connectivity index (χ1n) is 4.74. The van der Waals surface area contributed by atoms with Gasteiger partial charge in [-0.3, -0.25) is 0 Å². The molecule has 84 valence electrons. The van der Waals surface area contributed by atoms with Crippen molar-refractivity contribution in [1.82, 2.24) is 9.97 Å². The Morgan fingerprint density at radius 2 is 2.31 bits per heavy atom. The number of aromatic nitrogens is 2. The van der Waals surface area contributed by atoms with Crippen LogP contribution in [0.4, 0.5) is 4.39 Å². The number of nitrogens with zero attached hydrogens (tertiary/aromatic N) is 1. The lowest BCUT2D eigenvalue weighted by molar-refractivity contribution is 0.607. The van der Waals surface area contributed by atoms with Crippen LogP contribution in [0.2, 0.25) is 5.02 Å². The van der Waals surface area contributed by atoms with E-state index in [2.05, 4.69) is 25.9 Å². The van der Waals surface area contributed by atoms with Crippen LogP contribution in [-0.4, -0.2) is 9.97 Å². The molecular weight excluding hydrogens is 294 g/mol. The molecule has 0 aliphatic carbocycles. The van der Waals surface area contributed by atoms with Crippen LogP contribution in [0.3, 0.4) is 0 Å². The second-order valence-corrected chi connectivity index (χ2v) is 4.86. The molecule has 1 heterocycles. The summed E-state index contributed by atoms with van der Waals surface area (Å²) in [4.78, 5) is 6.93. The maximum absolute atomic E-state index is 13.7. The SMILES string of the molecule is Fc1c(Cl)cccc1C(Br)Cc1ncc[nH]1. The predicted molar refractivity (Wildman–Crippen MR) is 65.4 cm³/mol. The number of imidazole rings is 1. The Morgan fingerprint density at radius 1 is 1.50 bits per heavy atom. The normalized spacial score (nSPS) is 12.7. The summed E-state index contributed by atoms with van der Waals surface area (Å²) in [5.41, 5.74) is 0.545. The molecular formula is C11H9BrClFN2. The molecule has 1 aromatic carbocycles. The van der Waals surface area contributed by atoms with Gasteiger partial charge in [-0.15, -0.1) is 0 Å². The van der Waals surface area contributed by atoms with E-state index < -0.39 is 0 Å². The van der Waals surface area contributed by atoms with Crippen molar-refractivity contribution in [3.63, 3.8) is 0 Å². The van der Waals surface area contributed by atoms with Crippen LogP contribution in [0, 0.1) is 5.82 Å². The van der Waals surface area contributed by atoms with Crippen LogP contribution in [-0.2, 0) is 6.42 Å². The Bertz CT molecular complexity index is 473. The number of aromatic amines is 1. The fourth-order valence-corrected chi connectivity index (χ4v) is 2.29. The van der Waals surface area contributed by atoms with E-state index in [-0.39, 0.29) is 15.7 Å². The number of halogens is 3. The van der Waals surface area contributed by atoms with Crippen molar-refractivity contribution in [3.05, 3.63) is 52.8 Å². The highest BCUT2D eigenvalue weighted by molar-refractivity contribution is 9.09. The number of H-pyrrole nitrogens is 1. The number of nitrogens with one attached hydrogen (secondary N) is 1. The van der Waals surface area contributed by atoms with Gasteiger partial charge in [-0.1, -0.05) is 39.7 Å². The average Bonchev–Trinajstić information content (AvgIpc) is 2.74. The molecule has 2 aromatic rings. The van der Waals surface area contributed by atoms with Crippen molar-refractivity contribution in [2.24, 2.45) is 0 Å². The lowest BCUT2D eigenvalue weighted by Crippen LogP contribution is -2.00. The number of hydrogen-bond donors (Lipinski definition) is 1. The Morgan fingerprint density at radius 3 is 3.00 bits per heavy atom. The van der Waals surface area contributed by atoms with E-state index in [1.807, 2.05) is 0 Å². The van der Waals surface area contributed by atoms with Crippen molar-refractivity contribution in [2.75, 3.05) is 0 Å². The minimum absolute atomic E-state index is 0.140. The van der Waals surface area contributed by atoms with E-state index in [1.54, 1.807) is 24.5 Å². The monoisotopic (exact) mass is 302 g/mol. The zero-order valence-electron chi connectivity index (χ0n) is 8.25. The molecule has 0 radical (unpaired) electrons. The molecule has 0 bridgehead atoms. The molecule has 0 saturated carbocycles. The quantitative estimate of drug-likeness (QED) is 0.857. The summed E-state index contributed by atoms with van der Waals surface area (Å²) in [7, 11) is 0. The summed E-state index contributed by atoms with van der Waals surface area (Å²) < 4.78 is 13.7. The van der Waals surface area contributed by atoms with Gasteiger partial charge in [-0.25, -0.2) is 9.37 Å². The molecule has 0 spiro atoms. The molecule has 1 unspecified atom stereocenters. The number of rotatable bonds is 3. The fraction of sp³-hybridized carbons (Fsp3) is 0.182. The molecule has 0 saturated heterocycles. The Kier molecular flexibility index (Phi) is 3.61. The van der Waals surface area contributed by atoms with Gasteiger partial charge in [0.1, 0.15) is 11.6 Å². The van der Waals surface area contributed by atoms with E-state index >= 15 is 0 Å². The van der Waals surface area contributed by atoms with E-state index in [9.17, 15) is 4.39 Å². The van der Waals surface area contributed by atoms with Crippen LogP contribution in [0.25, 0.3) is 0 Å². The van der Waals surface area contributed by atoms with Crippen molar-refractivity contribution in [1.29, 1.82) is 0 Å². The van der Waals surface area contributed by atoms with Crippen molar-refractivity contribution >= 4 is 27.5 Å². The van der Waals surface area contributed by atoms with Gasteiger partial charge < -0.3 is 4.98 Å². The molecule has 16 heavy (non-hydrogen) atoms. The first-order chi connectivity index (χ1) is 7.68. The second-order valence-electron chi connectivity index (χ2n) is 3.35. The first-order valence-corrected chi connectivity index (χ1v) is 6.04. The topological polar surface area (TPSA) is 28.7 Å². The molecule has 5 heteroatoms. The fourth-order valence-electron chi connectivity index (χ4n) is 1.45. The maximum Gasteiger partial charge on any atom is 0.146 e. The van der Waals surface area contributed by atoms with E-state index in [0.29, 0.717) is 12.0 Å². The lowest BCUT2D eigenvalue weighted by atomic mass is 10.1. The lowest BCUT2D eigenvalue weighted by Gasteiger charge is -2.10. The molecule has 0 amide bonds. The third-order valence-corrected chi connectivity index (χ3v) is 3.36. The zero-order valence-corrected chi connectivity index (χ0v) is 10.6. The smallest absolute Gasteiger partial charge is 0.146 e. The van der Waals surface area contributed by atoms with Gasteiger partial charge in [-0.05, 0) is 6.07 Å². The van der Waals surface area contributed by atoms with Gasteiger partial charge in [-0.2, -0.15) is 0 Å². The summed E-state index contributed by atoms with van der Waals surface area (Å²) in [6.45, 7) is 0. The summed E-state index contributed by atoms with van der Waals surface area (Å²) in [5.74, 6) is 0.429. The zero-order chi connectivity index (χ0) is 11.5. The molecule has 0 aliphatic heterocycles.